The van der Waals surface area contributed by atoms with Gasteiger partial charge in [0, 0.05) is 38.3 Å². The summed E-state index contributed by atoms with van der Waals surface area (Å²) in [5, 5.41) is 6.46. The van der Waals surface area contributed by atoms with Crippen LogP contribution in [0, 0.1) is 0 Å². The fraction of sp³-hybridized carbons (Fsp3) is 0.250. The van der Waals surface area contributed by atoms with Crippen LogP contribution in [-0.4, -0.2) is 40.2 Å². The van der Waals surface area contributed by atoms with E-state index < -0.39 is 0 Å². The minimum atomic E-state index is 0.521. The number of methoxy groups -OCH3 is 1. The van der Waals surface area contributed by atoms with Gasteiger partial charge in [-0.3, -0.25) is 0 Å². The molecule has 7 nitrogen and oxygen atoms in total. The maximum absolute atomic E-state index is 5.04. The lowest BCUT2D eigenvalue weighted by Crippen LogP contribution is -2.09. The molecule has 23 heavy (non-hydrogen) atoms. The Hall–Kier alpha value is -2.80. The zero-order valence-electron chi connectivity index (χ0n) is 12.9. The zero-order valence-corrected chi connectivity index (χ0v) is 12.9. The van der Waals surface area contributed by atoms with E-state index in [2.05, 4.69) is 30.6 Å². The summed E-state index contributed by atoms with van der Waals surface area (Å²) in [5.41, 5.74) is 2.12. The number of ether oxygens (including phenoxy) is 1. The van der Waals surface area contributed by atoms with Crippen LogP contribution in [0.4, 0.5) is 17.5 Å². The van der Waals surface area contributed by atoms with E-state index in [1.54, 1.807) is 19.5 Å². The second kappa shape index (κ2) is 7.46. The molecule has 0 saturated heterocycles. The molecule has 3 aromatic rings. The van der Waals surface area contributed by atoms with E-state index in [1.807, 2.05) is 30.3 Å². The fourth-order valence-corrected chi connectivity index (χ4v) is 2.10. The first-order valence-corrected chi connectivity index (χ1v) is 7.40. The Kier molecular flexibility index (Phi) is 4.90. The lowest BCUT2D eigenvalue weighted by Gasteiger charge is -2.10. The number of fused-ring (bicyclic) bond motifs is 1. The molecule has 0 aliphatic carbocycles. The highest BCUT2D eigenvalue weighted by Crippen LogP contribution is 2.22. The lowest BCUT2D eigenvalue weighted by molar-refractivity contribution is 0.197. The van der Waals surface area contributed by atoms with Gasteiger partial charge in [0.05, 0.1) is 0 Å². The maximum Gasteiger partial charge on any atom is 0.226 e. The van der Waals surface area contributed by atoms with Crippen molar-refractivity contribution in [3.05, 3.63) is 42.7 Å². The van der Waals surface area contributed by atoms with Gasteiger partial charge in [0.1, 0.15) is 0 Å². The largest absolute Gasteiger partial charge is 0.385 e. The third kappa shape index (κ3) is 3.89. The Morgan fingerprint density at radius 2 is 1.87 bits per heavy atom. The van der Waals surface area contributed by atoms with Gasteiger partial charge in [-0.25, -0.2) is 9.97 Å². The average Bonchev–Trinajstić information content (AvgIpc) is 2.60. The topological polar surface area (TPSA) is 84.9 Å². The van der Waals surface area contributed by atoms with Gasteiger partial charge < -0.3 is 15.4 Å². The first kappa shape index (κ1) is 15.1. The molecule has 0 spiro atoms. The van der Waals surface area contributed by atoms with E-state index in [9.17, 15) is 0 Å². The van der Waals surface area contributed by atoms with Gasteiger partial charge in [0.15, 0.2) is 17.0 Å². The van der Waals surface area contributed by atoms with Crippen LogP contribution >= 0.6 is 0 Å². The second-order valence-electron chi connectivity index (χ2n) is 4.89. The molecule has 0 unspecified atom stereocenters. The van der Waals surface area contributed by atoms with Gasteiger partial charge in [-0.2, -0.15) is 9.97 Å². The molecule has 2 heterocycles. The van der Waals surface area contributed by atoms with Crippen molar-refractivity contribution in [3.8, 4) is 0 Å². The molecule has 2 aromatic heterocycles. The predicted molar refractivity (Wildman–Crippen MR) is 89.8 cm³/mol. The van der Waals surface area contributed by atoms with Crippen LogP contribution in [0.15, 0.2) is 42.7 Å². The molecule has 0 saturated carbocycles. The molecule has 0 bridgehead atoms. The Bertz CT molecular complexity index is 765. The third-order valence-corrected chi connectivity index (χ3v) is 3.18. The van der Waals surface area contributed by atoms with E-state index in [4.69, 9.17) is 4.74 Å². The molecule has 118 valence electrons. The van der Waals surface area contributed by atoms with Crippen LogP contribution in [0.3, 0.4) is 0 Å². The van der Waals surface area contributed by atoms with Crippen molar-refractivity contribution >= 4 is 28.6 Å². The average molecular weight is 310 g/mol. The van der Waals surface area contributed by atoms with Crippen LogP contribution in [0.25, 0.3) is 11.2 Å². The van der Waals surface area contributed by atoms with E-state index in [1.165, 1.54) is 0 Å². The van der Waals surface area contributed by atoms with Gasteiger partial charge in [0.25, 0.3) is 0 Å². The summed E-state index contributed by atoms with van der Waals surface area (Å²) >= 11 is 0. The Morgan fingerprint density at radius 1 is 1.04 bits per heavy atom. The van der Waals surface area contributed by atoms with Crippen molar-refractivity contribution in [2.75, 3.05) is 30.9 Å². The summed E-state index contributed by atoms with van der Waals surface area (Å²) in [7, 11) is 1.68. The van der Waals surface area contributed by atoms with Crippen LogP contribution in [-0.2, 0) is 4.74 Å². The summed E-state index contributed by atoms with van der Waals surface area (Å²) in [5.74, 6) is 1.15. The number of anilines is 3. The minimum Gasteiger partial charge on any atom is -0.385 e. The monoisotopic (exact) mass is 310 g/mol. The number of rotatable bonds is 7. The highest BCUT2D eigenvalue weighted by molar-refractivity contribution is 5.85. The molecule has 0 fully saturated rings. The number of aromatic nitrogens is 4. The third-order valence-electron chi connectivity index (χ3n) is 3.18. The number of hydrogen-bond acceptors (Lipinski definition) is 7. The minimum absolute atomic E-state index is 0.521. The number of nitrogens with one attached hydrogen (secondary N) is 2. The highest BCUT2D eigenvalue weighted by atomic mass is 16.5. The standard InChI is InChI=1S/C16H18N6O/c1-23-11-5-8-19-16-21-14-13(17-9-10-18-14)15(22-16)20-12-6-3-2-4-7-12/h2-4,6-7,9-10H,5,8,11H2,1H3,(H2,18,19,20,21,22). The van der Waals surface area contributed by atoms with Crippen molar-refractivity contribution in [1.29, 1.82) is 0 Å². The molecule has 0 aliphatic rings. The van der Waals surface area contributed by atoms with Gasteiger partial charge in [-0.1, -0.05) is 18.2 Å². The number of hydrogen-bond donors (Lipinski definition) is 2. The molecular formula is C16H18N6O. The molecule has 0 aliphatic heterocycles. The first-order chi connectivity index (χ1) is 11.4. The summed E-state index contributed by atoms with van der Waals surface area (Å²) in [6.07, 6.45) is 4.13. The van der Waals surface area contributed by atoms with Crippen LogP contribution in [0.2, 0.25) is 0 Å². The summed E-state index contributed by atoms with van der Waals surface area (Å²) in [4.78, 5) is 17.5. The van der Waals surface area contributed by atoms with Gasteiger partial charge in [-0.05, 0) is 18.6 Å². The number of nitrogens with zero attached hydrogens (tertiary/aromatic N) is 4. The summed E-state index contributed by atoms with van der Waals surface area (Å²) in [6, 6.07) is 9.82. The van der Waals surface area contributed by atoms with Crippen LogP contribution < -0.4 is 10.6 Å². The Morgan fingerprint density at radius 3 is 2.70 bits per heavy atom. The molecule has 3 rings (SSSR count). The molecule has 1 aromatic carbocycles. The molecule has 2 N–H and O–H groups in total. The summed E-state index contributed by atoms with van der Waals surface area (Å²) < 4.78 is 5.04. The molecule has 7 heteroatoms. The van der Waals surface area contributed by atoms with Crippen molar-refractivity contribution in [3.63, 3.8) is 0 Å². The number of para-hydroxylation sites is 1. The Balaban J connectivity index is 1.88. The van der Waals surface area contributed by atoms with Crippen LogP contribution in [0.1, 0.15) is 6.42 Å². The predicted octanol–water partition coefficient (Wildman–Crippen LogP) is 2.61. The molecular weight excluding hydrogens is 292 g/mol. The quantitative estimate of drug-likeness (QED) is 0.649. The smallest absolute Gasteiger partial charge is 0.226 e. The van der Waals surface area contributed by atoms with Crippen molar-refractivity contribution in [1.82, 2.24) is 19.9 Å². The lowest BCUT2D eigenvalue weighted by atomic mass is 10.3. The van der Waals surface area contributed by atoms with E-state index in [0.29, 0.717) is 29.5 Å². The summed E-state index contributed by atoms with van der Waals surface area (Å²) in [6.45, 7) is 1.42. The van der Waals surface area contributed by atoms with E-state index in [-0.39, 0.29) is 0 Å². The molecule has 0 amide bonds. The van der Waals surface area contributed by atoms with Crippen molar-refractivity contribution in [2.45, 2.75) is 6.42 Å². The molecule has 0 atom stereocenters. The second-order valence-corrected chi connectivity index (χ2v) is 4.89. The van der Waals surface area contributed by atoms with Gasteiger partial charge in [-0.15, -0.1) is 0 Å². The van der Waals surface area contributed by atoms with Crippen molar-refractivity contribution in [2.24, 2.45) is 0 Å². The van der Waals surface area contributed by atoms with Gasteiger partial charge in [0.2, 0.25) is 5.95 Å². The first-order valence-electron chi connectivity index (χ1n) is 7.40. The zero-order chi connectivity index (χ0) is 15.9. The van der Waals surface area contributed by atoms with E-state index in [0.717, 1.165) is 18.7 Å². The highest BCUT2D eigenvalue weighted by Gasteiger charge is 2.09. The fourth-order valence-electron chi connectivity index (χ4n) is 2.10. The maximum atomic E-state index is 5.04. The van der Waals surface area contributed by atoms with Crippen LogP contribution in [0.5, 0.6) is 0 Å². The number of benzene rings is 1. The van der Waals surface area contributed by atoms with E-state index >= 15 is 0 Å². The normalized spacial score (nSPS) is 10.7. The SMILES string of the molecule is COCCCNc1nc(Nc2ccccc2)c2nccnc2n1. The molecule has 0 radical (unpaired) electrons. The van der Waals surface area contributed by atoms with Crippen molar-refractivity contribution < 1.29 is 4.74 Å². The van der Waals surface area contributed by atoms with Gasteiger partial charge >= 0.3 is 0 Å². The Labute approximate surface area is 134 Å².